The number of methoxy groups -OCH3 is 2. The van der Waals surface area contributed by atoms with Crippen LogP contribution in [0, 0.1) is 0 Å². The first-order valence-electron chi connectivity index (χ1n) is 10.1. The highest BCUT2D eigenvalue weighted by Gasteiger charge is 2.44. The Labute approximate surface area is 181 Å². The summed E-state index contributed by atoms with van der Waals surface area (Å²) in [5.74, 6) is -0.261. The lowest BCUT2D eigenvalue weighted by atomic mass is 9.80. The normalized spacial score (nSPS) is 17.9. The van der Waals surface area contributed by atoms with E-state index in [2.05, 4.69) is 10.3 Å². The maximum Gasteiger partial charge on any atom is 0.254 e. The largest absolute Gasteiger partial charge is 0.497 e. The van der Waals surface area contributed by atoms with Gasteiger partial charge in [0, 0.05) is 42.9 Å². The van der Waals surface area contributed by atoms with Gasteiger partial charge in [-0.3, -0.25) is 9.59 Å². The van der Waals surface area contributed by atoms with Gasteiger partial charge in [-0.25, -0.2) is 0 Å². The molecule has 2 amide bonds. The molecule has 2 unspecified atom stereocenters. The number of aromatic amines is 1. The van der Waals surface area contributed by atoms with Gasteiger partial charge in [0.25, 0.3) is 5.91 Å². The third-order valence-electron chi connectivity index (χ3n) is 5.54. The molecule has 1 aliphatic heterocycles. The van der Waals surface area contributed by atoms with Gasteiger partial charge in [-0.2, -0.15) is 0 Å². The van der Waals surface area contributed by atoms with E-state index in [4.69, 9.17) is 9.47 Å². The van der Waals surface area contributed by atoms with Crippen molar-refractivity contribution >= 4 is 17.5 Å². The molecule has 7 nitrogen and oxygen atoms in total. The van der Waals surface area contributed by atoms with Gasteiger partial charge < -0.3 is 24.7 Å². The van der Waals surface area contributed by atoms with E-state index < -0.39 is 12.0 Å². The van der Waals surface area contributed by atoms with Gasteiger partial charge in [0.05, 0.1) is 25.7 Å². The van der Waals surface area contributed by atoms with E-state index in [9.17, 15) is 9.59 Å². The van der Waals surface area contributed by atoms with Crippen LogP contribution in [0.2, 0.25) is 0 Å². The summed E-state index contributed by atoms with van der Waals surface area (Å²) >= 11 is 0. The molecule has 1 aromatic heterocycles. The van der Waals surface area contributed by atoms with E-state index in [1.54, 1.807) is 37.4 Å². The predicted molar refractivity (Wildman–Crippen MR) is 117 cm³/mol. The number of ether oxygens (including phenoxy) is 2. The van der Waals surface area contributed by atoms with Gasteiger partial charge >= 0.3 is 0 Å². The Morgan fingerprint density at radius 2 is 1.94 bits per heavy atom. The number of H-pyrrole nitrogens is 1. The number of anilines is 1. The van der Waals surface area contributed by atoms with E-state index in [0.717, 1.165) is 5.69 Å². The molecular weight excluding hydrogens is 394 g/mol. The van der Waals surface area contributed by atoms with Crippen molar-refractivity contribution in [1.82, 2.24) is 9.88 Å². The van der Waals surface area contributed by atoms with Crippen molar-refractivity contribution < 1.29 is 19.1 Å². The minimum atomic E-state index is -0.601. The van der Waals surface area contributed by atoms with E-state index in [-0.39, 0.29) is 11.8 Å². The van der Waals surface area contributed by atoms with Crippen LogP contribution in [0.3, 0.4) is 0 Å². The number of fused-ring (bicyclic) bond motifs is 1. The molecule has 2 aromatic carbocycles. The molecule has 0 fully saturated rings. The fourth-order valence-electron chi connectivity index (χ4n) is 4.11. The van der Waals surface area contributed by atoms with Gasteiger partial charge in [-0.15, -0.1) is 0 Å². The minimum absolute atomic E-state index is 0.113. The van der Waals surface area contributed by atoms with Crippen LogP contribution in [-0.4, -0.2) is 49.1 Å². The van der Waals surface area contributed by atoms with Crippen LogP contribution in [0.5, 0.6) is 5.75 Å². The summed E-state index contributed by atoms with van der Waals surface area (Å²) in [5, 5.41) is 3.01. The average Bonchev–Trinajstić information content (AvgIpc) is 3.33. The molecule has 0 aliphatic carbocycles. The molecule has 2 N–H and O–H groups in total. The highest BCUT2D eigenvalue weighted by Crippen LogP contribution is 2.42. The summed E-state index contributed by atoms with van der Waals surface area (Å²) in [7, 11) is 3.18. The zero-order valence-corrected chi connectivity index (χ0v) is 17.5. The van der Waals surface area contributed by atoms with Crippen molar-refractivity contribution in [2.75, 3.05) is 32.7 Å². The Morgan fingerprint density at radius 3 is 2.68 bits per heavy atom. The molecule has 0 radical (unpaired) electrons. The van der Waals surface area contributed by atoms with E-state index in [1.807, 2.05) is 48.5 Å². The summed E-state index contributed by atoms with van der Waals surface area (Å²) in [6.07, 6.45) is 1.80. The molecule has 7 heteroatoms. The van der Waals surface area contributed by atoms with Crippen LogP contribution in [0.15, 0.2) is 66.9 Å². The summed E-state index contributed by atoms with van der Waals surface area (Å²) in [6.45, 7) is 0.742. The number of benzene rings is 2. The lowest BCUT2D eigenvalue weighted by molar-refractivity contribution is -0.119. The second kappa shape index (κ2) is 9.06. The number of rotatable bonds is 7. The zero-order valence-electron chi connectivity index (χ0n) is 17.5. The Hall–Kier alpha value is -3.58. The van der Waals surface area contributed by atoms with Crippen LogP contribution in [0.25, 0.3) is 0 Å². The molecule has 160 valence electrons. The Balaban J connectivity index is 1.78. The Bertz CT molecular complexity index is 1060. The lowest BCUT2D eigenvalue weighted by Gasteiger charge is -2.41. The average molecular weight is 419 g/mol. The van der Waals surface area contributed by atoms with Crippen LogP contribution in [-0.2, 0) is 9.53 Å². The smallest absolute Gasteiger partial charge is 0.254 e. The first-order valence-corrected chi connectivity index (χ1v) is 10.1. The molecule has 4 rings (SSSR count). The molecule has 0 spiro atoms. The van der Waals surface area contributed by atoms with E-state index in [0.29, 0.717) is 35.7 Å². The lowest BCUT2D eigenvalue weighted by Crippen LogP contribution is -2.47. The first kappa shape index (κ1) is 20.7. The van der Waals surface area contributed by atoms with Crippen molar-refractivity contribution in [2.45, 2.75) is 12.0 Å². The molecule has 31 heavy (non-hydrogen) atoms. The molecule has 0 saturated carbocycles. The van der Waals surface area contributed by atoms with Crippen LogP contribution in [0.1, 0.15) is 33.6 Å². The van der Waals surface area contributed by atoms with Crippen molar-refractivity contribution in [2.24, 2.45) is 0 Å². The maximum absolute atomic E-state index is 13.6. The highest BCUT2D eigenvalue weighted by molar-refractivity contribution is 6.04. The standard InChI is InChI=1S/C24H25N3O4/c1-30-14-13-27-22(20-11-6-12-25-20)21(18-9-3-4-10-19(18)24(27)29)23(28)26-16-7-5-8-17(15-16)31-2/h3-12,15,21-22,25H,13-14H2,1-2H3,(H,26,28). The van der Waals surface area contributed by atoms with Crippen LogP contribution in [0.4, 0.5) is 5.69 Å². The van der Waals surface area contributed by atoms with Crippen LogP contribution >= 0.6 is 0 Å². The molecule has 2 heterocycles. The monoisotopic (exact) mass is 419 g/mol. The van der Waals surface area contributed by atoms with Gasteiger partial charge in [-0.05, 0) is 35.9 Å². The number of hydrogen-bond acceptors (Lipinski definition) is 4. The predicted octanol–water partition coefficient (Wildman–Crippen LogP) is 3.59. The molecule has 1 aliphatic rings. The third-order valence-corrected chi connectivity index (χ3v) is 5.54. The van der Waals surface area contributed by atoms with E-state index in [1.165, 1.54) is 0 Å². The second-order valence-corrected chi connectivity index (χ2v) is 7.35. The molecule has 0 bridgehead atoms. The molecule has 3 aromatic rings. The SMILES string of the molecule is COCCN1C(=O)c2ccccc2C(C(=O)Nc2cccc(OC)c2)C1c1ccc[nH]1. The fraction of sp³-hybridized carbons (Fsp3) is 0.250. The Morgan fingerprint density at radius 1 is 1.10 bits per heavy atom. The first-order chi connectivity index (χ1) is 15.1. The molecule has 2 atom stereocenters. The van der Waals surface area contributed by atoms with E-state index >= 15 is 0 Å². The van der Waals surface area contributed by atoms with Crippen molar-refractivity contribution in [3.8, 4) is 5.75 Å². The number of hydrogen-bond donors (Lipinski definition) is 2. The second-order valence-electron chi connectivity index (χ2n) is 7.35. The van der Waals surface area contributed by atoms with Gasteiger partial charge in [0.1, 0.15) is 5.75 Å². The minimum Gasteiger partial charge on any atom is -0.497 e. The number of carbonyl (C=O) groups is 2. The highest BCUT2D eigenvalue weighted by atomic mass is 16.5. The van der Waals surface area contributed by atoms with Gasteiger partial charge in [-0.1, -0.05) is 24.3 Å². The number of aromatic nitrogens is 1. The Kier molecular flexibility index (Phi) is 6.04. The number of nitrogens with zero attached hydrogens (tertiary/aromatic N) is 1. The number of carbonyl (C=O) groups excluding carboxylic acids is 2. The fourth-order valence-corrected chi connectivity index (χ4v) is 4.11. The van der Waals surface area contributed by atoms with Crippen molar-refractivity contribution in [3.63, 3.8) is 0 Å². The van der Waals surface area contributed by atoms with Gasteiger partial charge in [0.15, 0.2) is 0 Å². The number of nitrogens with one attached hydrogen (secondary N) is 2. The summed E-state index contributed by atoms with van der Waals surface area (Å²) in [4.78, 5) is 31.9. The molecule has 0 saturated heterocycles. The number of amides is 2. The molecular formula is C24H25N3O4. The van der Waals surface area contributed by atoms with Crippen LogP contribution < -0.4 is 10.1 Å². The van der Waals surface area contributed by atoms with Gasteiger partial charge in [0.2, 0.25) is 5.91 Å². The van der Waals surface area contributed by atoms with Crippen molar-refractivity contribution in [1.29, 1.82) is 0 Å². The quantitative estimate of drug-likeness (QED) is 0.613. The summed E-state index contributed by atoms with van der Waals surface area (Å²) < 4.78 is 10.5. The summed E-state index contributed by atoms with van der Waals surface area (Å²) in [5.41, 5.74) is 2.67. The van der Waals surface area contributed by atoms with Crippen molar-refractivity contribution in [3.05, 3.63) is 83.7 Å². The topological polar surface area (TPSA) is 83.7 Å². The maximum atomic E-state index is 13.6. The zero-order chi connectivity index (χ0) is 21.8. The third kappa shape index (κ3) is 4.04. The summed E-state index contributed by atoms with van der Waals surface area (Å²) in [6, 6.07) is 17.8.